The van der Waals surface area contributed by atoms with Crippen molar-refractivity contribution >= 4 is 27.5 Å². The van der Waals surface area contributed by atoms with Crippen molar-refractivity contribution in [2.75, 3.05) is 11.8 Å². The van der Waals surface area contributed by atoms with Crippen molar-refractivity contribution in [3.8, 4) is 5.75 Å². The number of carbonyl (C=O) groups excluding carboxylic acids is 2. The maximum absolute atomic E-state index is 13.2. The van der Waals surface area contributed by atoms with Crippen molar-refractivity contribution in [2.45, 2.75) is 51.0 Å². The van der Waals surface area contributed by atoms with Crippen molar-refractivity contribution in [1.29, 1.82) is 0 Å². The summed E-state index contributed by atoms with van der Waals surface area (Å²) >= 11 is 0. The Morgan fingerprint density at radius 2 is 1.56 bits per heavy atom. The number of anilines is 1. The summed E-state index contributed by atoms with van der Waals surface area (Å²) in [6.07, 6.45) is 3.41. The van der Waals surface area contributed by atoms with Gasteiger partial charge in [0.15, 0.2) is 0 Å². The van der Waals surface area contributed by atoms with Crippen LogP contribution in [0, 0.1) is 25.7 Å². The van der Waals surface area contributed by atoms with Crippen LogP contribution in [0.5, 0.6) is 5.75 Å². The van der Waals surface area contributed by atoms with Gasteiger partial charge in [0.1, 0.15) is 10.6 Å². The second-order valence-corrected chi connectivity index (χ2v) is 10.4. The van der Waals surface area contributed by atoms with Gasteiger partial charge in [-0.05, 0) is 67.6 Å². The normalized spacial score (nSPS) is 20.9. The second-order valence-electron chi connectivity index (χ2n) is 8.73. The Hall–Kier alpha value is -2.87. The van der Waals surface area contributed by atoms with Gasteiger partial charge in [0, 0.05) is 5.69 Å². The standard InChI is InChI=1S/C24H28N2O5S/c1-15-10-16(2)12-18(11-15)25-32(29,30)22-13-17(8-9-21(22)31-3)14-26-23(27)19-6-4-5-7-20(19)24(26)28/h8-13,19-20,25H,4-7,14H2,1-3H3. The number of sulfonamides is 1. The Balaban J connectivity index is 1.62. The number of nitrogens with zero attached hydrogens (tertiary/aromatic N) is 1. The number of aryl methyl sites for hydroxylation is 2. The molecule has 1 saturated heterocycles. The molecule has 0 radical (unpaired) electrons. The molecule has 7 nitrogen and oxygen atoms in total. The number of nitrogens with one attached hydrogen (secondary N) is 1. The summed E-state index contributed by atoms with van der Waals surface area (Å²) in [5, 5.41) is 0. The van der Waals surface area contributed by atoms with E-state index in [-0.39, 0.29) is 40.8 Å². The fourth-order valence-corrected chi connectivity index (χ4v) is 6.10. The average molecular weight is 457 g/mol. The van der Waals surface area contributed by atoms with Crippen LogP contribution < -0.4 is 9.46 Å². The Morgan fingerprint density at radius 3 is 2.12 bits per heavy atom. The average Bonchev–Trinajstić information content (AvgIpc) is 2.98. The molecule has 1 aliphatic carbocycles. The van der Waals surface area contributed by atoms with Gasteiger partial charge in [0.25, 0.3) is 10.0 Å². The van der Waals surface area contributed by atoms with Crippen molar-refractivity contribution in [3.63, 3.8) is 0 Å². The van der Waals surface area contributed by atoms with Crippen LogP contribution in [0.25, 0.3) is 0 Å². The lowest BCUT2D eigenvalue weighted by Crippen LogP contribution is -2.30. The number of methoxy groups -OCH3 is 1. The van der Waals surface area contributed by atoms with Gasteiger partial charge in [0.2, 0.25) is 11.8 Å². The number of imide groups is 1. The first kappa shape index (κ1) is 22.3. The van der Waals surface area contributed by atoms with Crippen LogP contribution in [-0.4, -0.2) is 32.2 Å². The molecule has 2 fully saturated rings. The number of carbonyl (C=O) groups is 2. The number of hydrogen-bond acceptors (Lipinski definition) is 5. The molecule has 0 spiro atoms. The van der Waals surface area contributed by atoms with Gasteiger partial charge < -0.3 is 4.74 Å². The first-order chi connectivity index (χ1) is 15.2. The Morgan fingerprint density at radius 1 is 0.969 bits per heavy atom. The van der Waals surface area contributed by atoms with E-state index in [9.17, 15) is 18.0 Å². The molecule has 4 rings (SSSR count). The SMILES string of the molecule is COc1ccc(CN2C(=O)C3CCCCC3C2=O)cc1S(=O)(=O)Nc1cc(C)cc(C)c1. The zero-order chi connectivity index (χ0) is 23.0. The van der Waals surface area contributed by atoms with Crippen LogP contribution in [0.4, 0.5) is 5.69 Å². The van der Waals surface area contributed by atoms with Crippen LogP contribution in [0.2, 0.25) is 0 Å². The molecule has 0 bridgehead atoms. The number of rotatable bonds is 6. The number of likely N-dealkylation sites (tertiary alicyclic amines) is 1. The van der Waals surface area contributed by atoms with Gasteiger partial charge in [-0.25, -0.2) is 8.42 Å². The van der Waals surface area contributed by atoms with E-state index in [1.807, 2.05) is 19.9 Å². The Kier molecular flexibility index (Phi) is 5.99. The summed E-state index contributed by atoms with van der Waals surface area (Å²) in [5.41, 5.74) is 2.91. The molecule has 0 aromatic heterocycles. The maximum Gasteiger partial charge on any atom is 0.265 e. The first-order valence-electron chi connectivity index (χ1n) is 10.8. The quantitative estimate of drug-likeness (QED) is 0.668. The van der Waals surface area contributed by atoms with E-state index < -0.39 is 10.0 Å². The topological polar surface area (TPSA) is 92.8 Å². The summed E-state index contributed by atoms with van der Waals surface area (Å²) in [4.78, 5) is 26.9. The fraction of sp³-hybridized carbons (Fsp3) is 0.417. The lowest BCUT2D eigenvalue weighted by Gasteiger charge is -2.19. The van der Waals surface area contributed by atoms with E-state index in [0.29, 0.717) is 11.3 Å². The third-order valence-corrected chi connectivity index (χ3v) is 7.67. The molecule has 170 valence electrons. The third kappa shape index (κ3) is 4.24. The van der Waals surface area contributed by atoms with E-state index in [4.69, 9.17) is 4.74 Å². The molecule has 8 heteroatoms. The van der Waals surface area contributed by atoms with E-state index in [2.05, 4.69) is 4.72 Å². The monoisotopic (exact) mass is 456 g/mol. The van der Waals surface area contributed by atoms with Crippen molar-refractivity contribution < 1.29 is 22.7 Å². The van der Waals surface area contributed by atoms with E-state index in [1.54, 1.807) is 24.3 Å². The van der Waals surface area contributed by atoms with Gasteiger partial charge in [-0.3, -0.25) is 19.2 Å². The predicted octanol–water partition coefficient (Wildman–Crippen LogP) is 3.79. The first-order valence-corrected chi connectivity index (χ1v) is 12.3. The molecule has 2 unspecified atom stereocenters. The highest BCUT2D eigenvalue weighted by Crippen LogP contribution is 2.39. The van der Waals surface area contributed by atoms with E-state index in [0.717, 1.165) is 36.8 Å². The molecule has 32 heavy (non-hydrogen) atoms. The Bertz CT molecular complexity index is 1130. The maximum atomic E-state index is 13.2. The molecule has 2 amide bonds. The molecule has 2 atom stereocenters. The summed E-state index contributed by atoms with van der Waals surface area (Å²) in [6, 6.07) is 10.2. The molecule has 2 aromatic carbocycles. The summed E-state index contributed by atoms with van der Waals surface area (Å²) < 4.78 is 34.3. The number of amides is 2. The van der Waals surface area contributed by atoms with Crippen LogP contribution in [0.15, 0.2) is 41.3 Å². The highest BCUT2D eigenvalue weighted by molar-refractivity contribution is 7.92. The summed E-state index contributed by atoms with van der Waals surface area (Å²) in [6.45, 7) is 3.85. The van der Waals surface area contributed by atoms with Crippen molar-refractivity contribution in [1.82, 2.24) is 4.90 Å². The minimum absolute atomic E-state index is 0.0341. The molecule has 1 heterocycles. The zero-order valence-electron chi connectivity index (χ0n) is 18.6. The predicted molar refractivity (Wildman–Crippen MR) is 121 cm³/mol. The molecule has 2 aromatic rings. The van der Waals surface area contributed by atoms with Crippen molar-refractivity contribution in [2.24, 2.45) is 11.8 Å². The second kappa shape index (κ2) is 8.58. The molecule has 1 aliphatic heterocycles. The molecular weight excluding hydrogens is 428 g/mol. The molecule has 2 aliphatic rings. The number of ether oxygens (including phenoxy) is 1. The molecule has 1 saturated carbocycles. The van der Waals surface area contributed by atoms with Crippen LogP contribution in [0.3, 0.4) is 0 Å². The van der Waals surface area contributed by atoms with Gasteiger partial charge >= 0.3 is 0 Å². The van der Waals surface area contributed by atoms with Gasteiger partial charge in [0.05, 0.1) is 25.5 Å². The van der Waals surface area contributed by atoms with Crippen LogP contribution in [0.1, 0.15) is 42.4 Å². The van der Waals surface area contributed by atoms with Gasteiger partial charge in [-0.15, -0.1) is 0 Å². The number of hydrogen-bond donors (Lipinski definition) is 1. The summed E-state index contributed by atoms with van der Waals surface area (Å²) in [7, 11) is -2.55. The van der Waals surface area contributed by atoms with Gasteiger partial charge in [-0.1, -0.05) is 25.0 Å². The number of fused-ring (bicyclic) bond motifs is 1. The fourth-order valence-electron chi connectivity index (χ4n) is 4.84. The minimum atomic E-state index is -3.96. The highest BCUT2D eigenvalue weighted by atomic mass is 32.2. The largest absolute Gasteiger partial charge is 0.495 e. The Labute approximate surface area is 188 Å². The number of benzene rings is 2. The lowest BCUT2D eigenvalue weighted by atomic mass is 9.81. The van der Waals surface area contributed by atoms with Crippen molar-refractivity contribution in [3.05, 3.63) is 53.1 Å². The molecular formula is C24H28N2O5S. The summed E-state index contributed by atoms with van der Waals surface area (Å²) in [5.74, 6) is -0.562. The van der Waals surface area contributed by atoms with Crippen LogP contribution in [-0.2, 0) is 26.2 Å². The van der Waals surface area contributed by atoms with Gasteiger partial charge in [-0.2, -0.15) is 0 Å². The highest BCUT2D eigenvalue weighted by Gasteiger charge is 2.47. The van der Waals surface area contributed by atoms with E-state index >= 15 is 0 Å². The zero-order valence-corrected chi connectivity index (χ0v) is 19.4. The lowest BCUT2D eigenvalue weighted by molar-refractivity contribution is -0.140. The van der Waals surface area contributed by atoms with Crippen LogP contribution >= 0.6 is 0 Å². The third-order valence-electron chi connectivity index (χ3n) is 6.26. The smallest absolute Gasteiger partial charge is 0.265 e. The van der Waals surface area contributed by atoms with E-state index in [1.165, 1.54) is 18.1 Å². The minimum Gasteiger partial charge on any atom is -0.495 e. The molecule has 1 N–H and O–H groups in total.